The number of hydrogen-bond donors (Lipinski definition) is 2. The van der Waals surface area contributed by atoms with Crippen molar-refractivity contribution in [2.75, 3.05) is 0 Å². The minimum Gasteiger partial charge on any atom is -0.478 e. The van der Waals surface area contributed by atoms with E-state index in [2.05, 4.69) is 41.3 Å². The zero-order valence-corrected chi connectivity index (χ0v) is 19.1. The number of aromatic carboxylic acids is 1. The van der Waals surface area contributed by atoms with Crippen LogP contribution in [0.15, 0.2) is 96.3 Å². The molecule has 1 atom stereocenters. The van der Waals surface area contributed by atoms with Crippen molar-refractivity contribution in [1.29, 1.82) is 0 Å². The van der Waals surface area contributed by atoms with E-state index in [0.29, 0.717) is 12.1 Å². The summed E-state index contributed by atoms with van der Waals surface area (Å²) in [6, 6.07) is 27.2. The summed E-state index contributed by atoms with van der Waals surface area (Å²) in [6.07, 6.45) is 2.25. The largest absolute Gasteiger partial charge is 0.478 e. The lowest BCUT2D eigenvalue weighted by atomic mass is 9.83. The molecule has 4 rings (SSSR count). The van der Waals surface area contributed by atoms with Crippen LogP contribution in [0.25, 0.3) is 11.1 Å². The van der Waals surface area contributed by atoms with Gasteiger partial charge in [0.25, 0.3) is 0 Å². The van der Waals surface area contributed by atoms with Crippen LogP contribution < -0.4 is 0 Å². The van der Waals surface area contributed by atoms with Crippen LogP contribution in [0, 0.1) is 13.8 Å². The van der Waals surface area contributed by atoms with Crippen molar-refractivity contribution in [2.45, 2.75) is 26.2 Å². The molecule has 0 unspecified atom stereocenters. The summed E-state index contributed by atoms with van der Waals surface area (Å²) in [4.78, 5) is 15.4. The van der Waals surface area contributed by atoms with E-state index in [-0.39, 0.29) is 11.5 Å². The van der Waals surface area contributed by atoms with Crippen molar-refractivity contribution in [1.82, 2.24) is 4.98 Å². The van der Waals surface area contributed by atoms with Gasteiger partial charge in [-0.25, -0.2) is 4.79 Å². The number of aryl methyl sites for hydroxylation is 2. The van der Waals surface area contributed by atoms with E-state index >= 15 is 0 Å². The first kappa shape index (κ1) is 22.9. The number of aromatic nitrogens is 1. The summed E-state index contributed by atoms with van der Waals surface area (Å²) < 4.78 is 0. The lowest BCUT2D eigenvalue weighted by Gasteiger charge is -2.21. The lowest BCUT2D eigenvalue weighted by Crippen LogP contribution is -2.12. The van der Waals surface area contributed by atoms with Crippen molar-refractivity contribution in [3.05, 3.63) is 125 Å². The van der Waals surface area contributed by atoms with Crippen molar-refractivity contribution in [2.24, 2.45) is 5.16 Å². The number of nitrogens with zero attached hydrogens (tertiary/aromatic N) is 2. The maximum absolute atomic E-state index is 11.1. The zero-order chi connectivity index (χ0) is 24.1. The van der Waals surface area contributed by atoms with E-state index in [9.17, 15) is 10.0 Å². The SMILES string of the molecule is Cc1cc(C(C[C@@H](c2ccc(-c3ccc(C(=O)O)cc3)cc2)c2ccccc2C)=NO)ccn1. The summed E-state index contributed by atoms with van der Waals surface area (Å²) >= 11 is 0. The Balaban J connectivity index is 1.69. The van der Waals surface area contributed by atoms with Crippen LogP contribution in [-0.4, -0.2) is 27.0 Å². The molecule has 0 fully saturated rings. The second kappa shape index (κ2) is 10.1. The molecule has 1 heterocycles. The highest BCUT2D eigenvalue weighted by Gasteiger charge is 2.20. The van der Waals surface area contributed by atoms with Crippen LogP contribution in [0.2, 0.25) is 0 Å². The average molecular weight is 451 g/mol. The van der Waals surface area contributed by atoms with Crippen LogP contribution in [0.4, 0.5) is 0 Å². The topological polar surface area (TPSA) is 82.8 Å². The average Bonchev–Trinajstić information content (AvgIpc) is 2.86. The molecular weight excluding hydrogens is 424 g/mol. The first-order chi connectivity index (χ1) is 16.5. The molecule has 0 amide bonds. The van der Waals surface area contributed by atoms with Gasteiger partial charge in [-0.2, -0.15) is 0 Å². The van der Waals surface area contributed by atoms with Gasteiger partial charge in [-0.1, -0.05) is 65.8 Å². The minimum absolute atomic E-state index is 0.0102. The van der Waals surface area contributed by atoms with Gasteiger partial charge in [-0.05, 0) is 65.9 Å². The van der Waals surface area contributed by atoms with E-state index in [0.717, 1.165) is 27.9 Å². The van der Waals surface area contributed by atoms with Gasteiger partial charge < -0.3 is 10.3 Å². The van der Waals surface area contributed by atoms with Crippen LogP contribution in [0.1, 0.15) is 50.6 Å². The molecule has 5 nitrogen and oxygen atoms in total. The molecule has 4 aromatic rings. The molecule has 0 spiro atoms. The first-order valence-corrected chi connectivity index (χ1v) is 11.1. The molecule has 0 bridgehead atoms. The van der Waals surface area contributed by atoms with Gasteiger partial charge in [0.15, 0.2) is 0 Å². The Kier molecular flexibility index (Phi) is 6.83. The zero-order valence-electron chi connectivity index (χ0n) is 19.1. The second-order valence-corrected chi connectivity index (χ2v) is 8.35. The molecule has 0 aliphatic rings. The van der Waals surface area contributed by atoms with Gasteiger partial charge >= 0.3 is 5.97 Å². The Morgan fingerprint density at radius 1 is 0.882 bits per heavy atom. The van der Waals surface area contributed by atoms with E-state index in [1.165, 1.54) is 11.1 Å². The highest BCUT2D eigenvalue weighted by Crippen LogP contribution is 2.33. The summed E-state index contributed by atoms with van der Waals surface area (Å²) in [7, 11) is 0. The fraction of sp³-hybridized carbons (Fsp3) is 0.138. The number of rotatable bonds is 7. The number of carboxylic acids is 1. The maximum atomic E-state index is 11.1. The van der Waals surface area contributed by atoms with E-state index in [4.69, 9.17) is 5.11 Å². The van der Waals surface area contributed by atoms with Crippen molar-refractivity contribution >= 4 is 11.7 Å². The molecule has 5 heteroatoms. The van der Waals surface area contributed by atoms with Gasteiger partial charge in [0.1, 0.15) is 0 Å². The Labute approximate surface area is 199 Å². The summed E-state index contributed by atoms with van der Waals surface area (Å²) in [5.41, 5.74) is 7.99. The van der Waals surface area contributed by atoms with E-state index in [1.807, 2.05) is 55.5 Å². The molecule has 3 aromatic carbocycles. The van der Waals surface area contributed by atoms with Gasteiger partial charge in [0, 0.05) is 29.8 Å². The first-order valence-electron chi connectivity index (χ1n) is 11.1. The summed E-state index contributed by atoms with van der Waals surface area (Å²) in [5, 5.41) is 22.6. The summed E-state index contributed by atoms with van der Waals surface area (Å²) in [5.74, 6) is -0.947. The smallest absolute Gasteiger partial charge is 0.335 e. The molecule has 0 saturated carbocycles. The monoisotopic (exact) mass is 450 g/mol. The third kappa shape index (κ3) is 5.04. The standard InChI is InChI=1S/C29H26N2O3/c1-19-5-3-4-6-26(19)27(18-28(31-34)25-15-16-30-20(2)17-25)23-11-7-21(8-12-23)22-9-13-24(14-10-22)29(32)33/h3-17,27,34H,18H2,1-2H3,(H,32,33)/t27-/m0/s1. The number of carbonyl (C=O) groups is 1. The van der Waals surface area contributed by atoms with Gasteiger partial charge in [0.2, 0.25) is 0 Å². The number of benzene rings is 3. The molecule has 170 valence electrons. The number of carboxylic acid groups (broad SMARTS) is 1. The van der Waals surface area contributed by atoms with Crippen molar-refractivity contribution in [3.63, 3.8) is 0 Å². The highest BCUT2D eigenvalue weighted by atomic mass is 16.4. The van der Waals surface area contributed by atoms with Crippen LogP contribution >= 0.6 is 0 Å². The number of pyridine rings is 1. The minimum atomic E-state index is -0.936. The Morgan fingerprint density at radius 3 is 2.12 bits per heavy atom. The van der Waals surface area contributed by atoms with E-state index < -0.39 is 5.97 Å². The Hall–Kier alpha value is -4.25. The predicted octanol–water partition coefficient (Wildman–Crippen LogP) is 6.46. The second-order valence-electron chi connectivity index (χ2n) is 8.35. The molecular formula is C29H26N2O3. The normalized spacial score (nSPS) is 12.4. The van der Waals surface area contributed by atoms with Gasteiger partial charge in [-0.3, -0.25) is 4.98 Å². The van der Waals surface area contributed by atoms with Crippen LogP contribution in [0.3, 0.4) is 0 Å². The van der Waals surface area contributed by atoms with Crippen molar-refractivity contribution < 1.29 is 15.1 Å². The molecule has 1 aromatic heterocycles. The van der Waals surface area contributed by atoms with E-state index in [1.54, 1.807) is 18.3 Å². The molecule has 0 aliphatic heterocycles. The highest BCUT2D eigenvalue weighted by molar-refractivity contribution is 6.01. The van der Waals surface area contributed by atoms with Crippen LogP contribution in [-0.2, 0) is 0 Å². The lowest BCUT2D eigenvalue weighted by molar-refractivity contribution is 0.0697. The number of oxime groups is 1. The fourth-order valence-electron chi connectivity index (χ4n) is 4.23. The fourth-order valence-corrected chi connectivity index (χ4v) is 4.23. The third-order valence-corrected chi connectivity index (χ3v) is 6.09. The molecule has 2 N–H and O–H groups in total. The van der Waals surface area contributed by atoms with Gasteiger partial charge in [0.05, 0.1) is 11.3 Å². The quantitative estimate of drug-likeness (QED) is 0.192. The molecule has 0 saturated heterocycles. The predicted molar refractivity (Wildman–Crippen MR) is 134 cm³/mol. The van der Waals surface area contributed by atoms with Crippen molar-refractivity contribution in [3.8, 4) is 11.1 Å². The van der Waals surface area contributed by atoms with Gasteiger partial charge in [-0.15, -0.1) is 0 Å². The molecule has 34 heavy (non-hydrogen) atoms. The number of hydrogen-bond acceptors (Lipinski definition) is 4. The Morgan fingerprint density at radius 2 is 1.53 bits per heavy atom. The third-order valence-electron chi connectivity index (χ3n) is 6.09. The van der Waals surface area contributed by atoms with Crippen LogP contribution in [0.5, 0.6) is 0 Å². The molecule has 0 radical (unpaired) electrons. The maximum Gasteiger partial charge on any atom is 0.335 e. The molecule has 0 aliphatic carbocycles. The summed E-state index contributed by atoms with van der Waals surface area (Å²) in [6.45, 7) is 4.01. The Bertz CT molecular complexity index is 1330.